The second-order valence-electron chi connectivity index (χ2n) is 8.96. The van der Waals surface area contributed by atoms with Crippen LogP contribution in [0.2, 0.25) is 0 Å². The maximum absolute atomic E-state index is 13.7. The van der Waals surface area contributed by atoms with E-state index in [0.29, 0.717) is 22.6 Å². The molecule has 3 heterocycles. The molecule has 13 heteroatoms. The van der Waals surface area contributed by atoms with Crippen LogP contribution >= 0.6 is 23.1 Å². The molecule has 214 valence electrons. The summed E-state index contributed by atoms with van der Waals surface area (Å²) < 4.78 is 6.05. The van der Waals surface area contributed by atoms with Crippen molar-refractivity contribution in [2.24, 2.45) is 5.16 Å². The predicted octanol–water partition coefficient (Wildman–Crippen LogP) is 3.23. The Morgan fingerprint density at radius 1 is 1.14 bits per heavy atom. The molecule has 1 aromatic heterocycles. The SMILES string of the molecule is C=CC1=C(C(=O)OC(c2ccccc2)c2ccccc2)N2C(=O)C(NC(=O)C(=NOC)c3cnc(NC=O)s3)[C@@H]2SC1. The molecule has 5 rings (SSSR count). The van der Waals surface area contributed by atoms with Crippen molar-refractivity contribution in [1.82, 2.24) is 15.2 Å². The summed E-state index contributed by atoms with van der Waals surface area (Å²) >= 11 is 2.40. The molecule has 42 heavy (non-hydrogen) atoms. The number of thiazole rings is 1. The first-order chi connectivity index (χ1) is 20.5. The predicted molar refractivity (Wildman–Crippen MR) is 158 cm³/mol. The molecule has 2 aliphatic heterocycles. The number of hydrogen-bond acceptors (Lipinski definition) is 10. The summed E-state index contributed by atoms with van der Waals surface area (Å²) in [5, 5.41) is 8.61. The van der Waals surface area contributed by atoms with Crippen molar-refractivity contribution in [2.75, 3.05) is 18.2 Å². The molecule has 1 fully saturated rings. The van der Waals surface area contributed by atoms with Gasteiger partial charge in [0, 0.05) is 11.9 Å². The van der Waals surface area contributed by atoms with Gasteiger partial charge in [-0.05, 0) is 16.7 Å². The van der Waals surface area contributed by atoms with Gasteiger partial charge >= 0.3 is 5.97 Å². The van der Waals surface area contributed by atoms with Gasteiger partial charge in [0.2, 0.25) is 6.41 Å². The number of carbonyl (C=O) groups excluding carboxylic acids is 4. The van der Waals surface area contributed by atoms with Gasteiger partial charge in [0.15, 0.2) is 16.9 Å². The molecule has 2 aromatic carbocycles. The maximum atomic E-state index is 13.7. The van der Waals surface area contributed by atoms with Crippen molar-refractivity contribution in [3.63, 3.8) is 0 Å². The van der Waals surface area contributed by atoms with Gasteiger partial charge in [-0.3, -0.25) is 19.3 Å². The highest BCUT2D eigenvalue weighted by molar-refractivity contribution is 8.00. The number of nitrogens with one attached hydrogen (secondary N) is 2. The summed E-state index contributed by atoms with van der Waals surface area (Å²) in [6, 6.07) is 17.7. The standard InChI is InChI=1S/C29H25N5O6S2/c1-3-17-15-41-27-22(32-25(36)21(33-39-2)20-14-30-29(42-20)31-16-35)26(37)34(27)23(17)28(38)40-24(18-10-6-4-7-11-18)19-12-8-5-9-13-19/h3-14,16,22,24,27H,1,15H2,2H3,(H,32,36)(H,30,31,35)/t22?,27-/m0/s1. The number of benzene rings is 2. The molecule has 1 saturated heterocycles. The molecule has 0 radical (unpaired) electrons. The average molecular weight is 604 g/mol. The number of oxime groups is 1. The van der Waals surface area contributed by atoms with Crippen LogP contribution in [0.5, 0.6) is 0 Å². The van der Waals surface area contributed by atoms with Gasteiger partial charge in [0.05, 0.1) is 4.88 Å². The summed E-state index contributed by atoms with van der Waals surface area (Å²) in [5.41, 5.74) is 2.09. The normalized spacial score (nSPS) is 18.1. The van der Waals surface area contributed by atoms with Crippen LogP contribution in [0.25, 0.3) is 0 Å². The summed E-state index contributed by atoms with van der Waals surface area (Å²) in [4.78, 5) is 61.6. The minimum Gasteiger partial charge on any atom is -0.448 e. The van der Waals surface area contributed by atoms with Gasteiger partial charge in [-0.1, -0.05) is 89.8 Å². The van der Waals surface area contributed by atoms with Crippen LogP contribution in [0.4, 0.5) is 5.13 Å². The van der Waals surface area contributed by atoms with E-state index in [4.69, 9.17) is 9.57 Å². The van der Waals surface area contributed by atoms with Crippen molar-refractivity contribution >= 4 is 58.1 Å². The number of thioether (sulfide) groups is 1. The zero-order chi connectivity index (χ0) is 29.6. The van der Waals surface area contributed by atoms with E-state index in [2.05, 4.69) is 27.4 Å². The summed E-state index contributed by atoms with van der Waals surface area (Å²) in [6.45, 7) is 3.83. The number of esters is 1. The van der Waals surface area contributed by atoms with Crippen LogP contribution in [0.3, 0.4) is 0 Å². The fourth-order valence-electron chi connectivity index (χ4n) is 4.54. The molecule has 0 bridgehead atoms. The highest BCUT2D eigenvalue weighted by Crippen LogP contribution is 2.42. The van der Waals surface area contributed by atoms with E-state index in [-0.39, 0.29) is 16.5 Å². The number of anilines is 1. The average Bonchev–Trinajstić information content (AvgIpc) is 3.49. The fourth-order valence-corrected chi connectivity index (χ4v) is 6.63. The lowest BCUT2D eigenvalue weighted by atomic mass is 10.0. The molecule has 11 nitrogen and oxygen atoms in total. The number of allylic oxidation sites excluding steroid dienone is 1. The van der Waals surface area contributed by atoms with Crippen LogP contribution in [0, 0.1) is 0 Å². The first-order valence-corrected chi connectivity index (χ1v) is 14.5. The number of aromatic nitrogens is 1. The second-order valence-corrected chi connectivity index (χ2v) is 11.1. The molecule has 2 N–H and O–H groups in total. The van der Waals surface area contributed by atoms with Crippen molar-refractivity contribution in [3.05, 3.63) is 107 Å². The lowest BCUT2D eigenvalue weighted by Crippen LogP contribution is -2.71. The van der Waals surface area contributed by atoms with Gasteiger partial charge in [0.1, 0.15) is 24.2 Å². The molecule has 3 aromatic rings. The van der Waals surface area contributed by atoms with Crippen LogP contribution in [-0.2, 0) is 28.8 Å². The van der Waals surface area contributed by atoms with Crippen molar-refractivity contribution in [3.8, 4) is 0 Å². The van der Waals surface area contributed by atoms with E-state index in [1.807, 2.05) is 60.7 Å². The van der Waals surface area contributed by atoms with E-state index >= 15 is 0 Å². The lowest BCUT2D eigenvalue weighted by Gasteiger charge is -2.49. The first kappa shape index (κ1) is 28.8. The van der Waals surface area contributed by atoms with E-state index < -0.39 is 35.3 Å². The highest BCUT2D eigenvalue weighted by atomic mass is 32.2. The second kappa shape index (κ2) is 12.8. The van der Waals surface area contributed by atoms with Crippen LogP contribution in [-0.4, -0.2) is 64.1 Å². The lowest BCUT2D eigenvalue weighted by molar-refractivity contribution is -0.154. The Balaban J connectivity index is 1.36. The Hall–Kier alpha value is -4.75. The number of β-lactam (4-membered cyclic amide) rings is 1. The Labute approximate surface area is 249 Å². The van der Waals surface area contributed by atoms with Crippen molar-refractivity contribution in [2.45, 2.75) is 17.5 Å². The molecule has 2 aliphatic rings. The van der Waals surface area contributed by atoms with E-state index in [9.17, 15) is 19.2 Å². The molecule has 2 atom stereocenters. The number of nitrogens with zero attached hydrogens (tertiary/aromatic N) is 3. The van der Waals surface area contributed by atoms with E-state index in [0.717, 1.165) is 22.5 Å². The number of carbonyl (C=O) groups is 4. The molecule has 0 aliphatic carbocycles. The number of rotatable bonds is 11. The monoisotopic (exact) mass is 603 g/mol. The molecule has 0 spiro atoms. The maximum Gasteiger partial charge on any atom is 0.356 e. The van der Waals surface area contributed by atoms with Gasteiger partial charge in [-0.2, -0.15) is 0 Å². The number of fused-ring (bicyclic) bond motifs is 1. The first-order valence-electron chi connectivity index (χ1n) is 12.7. The third kappa shape index (κ3) is 5.69. The Morgan fingerprint density at radius 3 is 2.40 bits per heavy atom. The molecule has 0 saturated carbocycles. The zero-order valence-electron chi connectivity index (χ0n) is 22.3. The van der Waals surface area contributed by atoms with Gasteiger partial charge < -0.3 is 20.2 Å². The Bertz CT molecular complexity index is 1530. The smallest absolute Gasteiger partial charge is 0.356 e. The largest absolute Gasteiger partial charge is 0.448 e. The number of ether oxygens (including phenoxy) is 1. The third-order valence-corrected chi connectivity index (χ3v) is 8.71. The minimum atomic E-state index is -0.932. The molecule has 3 amide bonds. The van der Waals surface area contributed by atoms with Gasteiger partial charge in [0.25, 0.3) is 11.8 Å². The fraction of sp³-hybridized carbons (Fsp3) is 0.172. The van der Waals surface area contributed by atoms with Crippen LogP contribution in [0.15, 0.2) is 95.9 Å². The van der Waals surface area contributed by atoms with E-state index in [1.54, 1.807) is 0 Å². The zero-order valence-corrected chi connectivity index (χ0v) is 23.9. The molecular formula is C29H25N5O6S2. The Morgan fingerprint density at radius 2 is 1.81 bits per heavy atom. The minimum absolute atomic E-state index is 0.0962. The van der Waals surface area contributed by atoms with Crippen LogP contribution in [0.1, 0.15) is 22.1 Å². The van der Waals surface area contributed by atoms with E-state index in [1.165, 1.54) is 36.0 Å². The molecular weight excluding hydrogens is 578 g/mol. The van der Waals surface area contributed by atoms with Gasteiger partial charge in [-0.15, -0.1) is 11.8 Å². The third-order valence-electron chi connectivity index (χ3n) is 6.47. The topological polar surface area (TPSA) is 139 Å². The highest BCUT2D eigenvalue weighted by Gasteiger charge is 2.54. The summed E-state index contributed by atoms with van der Waals surface area (Å²) in [5.74, 6) is -1.45. The summed E-state index contributed by atoms with van der Waals surface area (Å²) in [7, 11) is 1.28. The number of amides is 3. The Kier molecular flexibility index (Phi) is 8.79. The van der Waals surface area contributed by atoms with Crippen molar-refractivity contribution in [1.29, 1.82) is 0 Å². The van der Waals surface area contributed by atoms with Gasteiger partial charge in [-0.25, -0.2) is 9.78 Å². The number of hydrogen-bond donors (Lipinski definition) is 2. The van der Waals surface area contributed by atoms with Crippen molar-refractivity contribution < 1.29 is 28.8 Å². The quantitative estimate of drug-likeness (QED) is 0.112. The summed E-state index contributed by atoms with van der Waals surface area (Å²) in [6.07, 6.45) is 2.66. The molecule has 1 unspecified atom stereocenters. The van der Waals surface area contributed by atoms with Crippen LogP contribution < -0.4 is 10.6 Å².